The third-order valence-corrected chi connectivity index (χ3v) is 2.94. The van der Waals surface area contributed by atoms with Gasteiger partial charge >= 0.3 is 0 Å². The Labute approximate surface area is 113 Å². The predicted octanol–water partition coefficient (Wildman–Crippen LogP) is 0.553. The van der Waals surface area contributed by atoms with Crippen molar-refractivity contribution in [1.29, 1.82) is 0 Å². The van der Waals surface area contributed by atoms with Gasteiger partial charge in [-0.1, -0.05) is 5.16 Å². The molecule has 1 amide bonds. The first-order chi connectivity index (χ1) is 8.16. The number of amides is 1. The lowest BCUT2D eigenvalue weighted by atomic mass is 10.2. The zero-order valence-electron chi connectivity index (χ0n) is 10.7. The van der Waals surface area contributed by atoms with Gasteiger partial charge in [-0.25, -0.2) is 0 Å². The third-order valence-electron chi connectivity index (χ3n) is 2.94. The molecule has 18 heavy (non-hydrogen) atoms. The average Bonchev–Trinajstić information content (AvgIpc) is 2.73. The summed E-state index contributed by atoms with van der Waals surface area (Å²) in [7, 11) is 0. The van der Waals surface area contributed by atoms with E-state index in [2.05, 4.69) is 22.4 Å². The lowest BCUT2D eigenvalue weighted by Gasteiger charge is -2.34. The highest BCUT2D eigenvalue weighted by Gasteiger charge is 2.22. The highest BCUT2D eigenvalue weighted by atomic mass is 35.5. The van der Waals surface area contributed by atoms with Gasteiger partial charge in [-0.3, -0.25) is 4.79 Å². The monoisotopic (exact) mass is 274 g/mol. The fourth-order valence-electron chi connectivity index (χ4n) is 2.01. The molecule has 1 atom stereocenters. The number of aromatic nitrogens is 2. The van der Waals surface area contributed by atoms with Crippen molar-refractivity contribution in [2.24, 2.45) is 0 Å². The summed E-state index contributed by atoms with van der Waals surface area (Å²) in [6.07, 6.45) is 0.961. The number of rotatable bonds is 3. The Hall–Kier alpha value is -1.14. The molecule has 1 N–H and O–H groups in total. The van der Waals surface area contributed by atoms with Crippen molar-refractivity contribution in [1.82, 2.24) is 20.4 Å². The highest BCUT2D eigenvalue weighted by molar-refractivity contribution is 5.85. The van der Waals surface area contributed by atoms with Crippen molar-refractivity contribution < 1.29 is 9.32 Å². The van der Waals surface area contributed by atoms with Crippen LogP contribution < -0.4 is 5.32 Å². The van der Waals surface area contributed by atoms with Crippen molar-refractivity contribution in [2.45, 2.75) is 32.7 Å². The zero-order chi connectivity index (χ0) is 12.3. The molecule has 1 aliphatic heterocycles. The Morgan fingerprint density at radius 1 is 1.61 bits per heavy atom. The second-order valence-electron chi connectivity index (χ2n) is 4.38. The van der Waals surface area contributed by atoms with E-state index in [1.165, 1.54) is 0 Å². The summed E-state index contributed by atoms with van der Waals surface area (Å²) in [6.45, 7) is 6.35. The molecule has 102 valence electrons. The van der Waals surface area contributed by atoms with Crippen molar-refractivity contribution in [2.75, 3.05) is 19.6 Å². The standard InChI is InChI=1S/C11H18N4O2.ClH/c1-8-7-12-5-6-15(8)11(16)4-3-10-13-9(2)14-17-10;/h8,12H,3-7H2,1-2H3;1H/t8-;/m1./s1. The summed E-state index contributed by atoms with van der Waals surface area (Å²) in [6, 6.07) is 0.265. The Bertz CT molecular complexity index is 396. The minimum absolute atomic E-state index is 0. The second-order valence-corrected chi connectivity index (χ2v) is 4.38. The number of carbonyl (C=O) groups is 1. The minimum atomic E-state index is 0. The van der Waals surface area contributed by atoms with Crippen LogP contribution in [-0.2, 0) is 11.2 Å². The Morgan fingerprint density at radius 3 is 3.00 bits per heavy atom. The molecule has 0 unspecified atom stereocenters. The molecule has 2 heterocycles. The normalized spacial score (nSPS) is 19.4. The van der Waals surface area contributed by atoms with Gasteiger partial charge in [0, 0.05) is 38.5 Å². The third kappa shape index (κ3) is 3.68. The Balaban J connectivity index is 0.00000162. The van der Waals surface area contributed by atoms with Gasteiger partial charge in [-0.2, -0.15) is 4.98 Å². The van der Waals surface area contributed by atoms with Gasteiger partial charge in [0.2, 0.25) is 11.8 Å². The summed E-state index contributed by atoms with van der Waals surface area (Å²) < 4.78 is 4.98. The van der Waals surface area contributed by atoms with Crippen LogP contribution in [-0.4, -0.2) is 46.6 Å². The lowest BCUT2D eigenvalue weighted by Crippen LogP contribution is -2.52. The van der Waals surface area contributed by atoms with Crippen LogP contribution in [0.15, 0.2) is 4.52 Å². The second kappa shape index (κ2) is 6.70. The zero-order valence-corrected chi connectivity index (χ0v) is 11.5. The molecule has 0 aromatic carbocycles. The molecule has 0 bridgehead atoms. The molecule has 1 fully saturated rings. The van der Waals surface area contributed by atoms with Gasteiger partial charge in [0.05, 0.1) is 0 Å². The van der Waals surface area contributed by atoms with E-state index < -0.39 is 0 Å². The van der Waals surface area contributed by atoms with Gasteiger partial charge in [0.1, 0.15) is 0 Å². The van der Waals surface area contributed by atoms with Gasteiger partial charge < -0.3 is 14.7 Å². The van der Waals surface area contributed by atoms with Crippen LogP contribution in [0.2, 0.25) is 0 Å². The van der Waals surface area contributed by atoms with Crippen LogP contribution in [0, 0.1) is 6.92 Å². The van der Waals surface area contributed by atoms with Crippen LogP contribution >= 0.6 is 12.4 Å². The van der Waals surface area contributed by atoms with E-state index in [9.17, 15) is 4.79 Å². The van der Waals surface area contributed by atoms with E-state index >= 15 is 0 Å². The van der Waals surface area contributed by atoms with Crippen LogP contribution in [0.1, 0.15) is 25.1 Å². The molecule has 7 heteroatoms. The predicted molar refractivity (Wildman–Crippen MR) is 68.6 cm³/mol. The number of hydrogen-bond donors (Lipinski definition) is 1. The molecule has 0 spiro atoms. The molecule has 0 radical (unpaired) electrons. The molecule has 1 aromatic rings. The van der Waals surface area contributed by atoms with Crippen molar-refractivity contribution in [3.63, 3.8) is 0 Å². The summed E-state index contributed by atoms with van der Waals surface area (Å²) in [5, 5.41) is 6.96. The molecular formula is C11H19ClN4O2. The first-order valence-corrected chi connectivity index (χ1v) is 5.96. The summed E-state index contributed by atoms with van der Waals surface area (Å²) in [4.78, 5) is 18.0. The largest absolute Gasteiger partial charge is 0.339 e. The number of carbonyl (C=O) groups excluding carboxylic acids is 1. The first-order valence-electron chi connectivity index (χ1n) is 5.96. The van der Waals surface area contributed by atoms with Crippen LogP contribution in [0.3, 0.4) is 0 Å². The maximum absolute atomic E-state index is 12.0. The van der Waals surface area contributed by atoms with Gasteiger partial charge in [-0.05, 0) is 13.8 Å². The maximum atomic E-state index is 12.0. The highest BCUT2D eigenvalue weighted by Crippen LogP contribution is 2.07. The number of hydrogen-bond acceptors (Lipinski definition) is 5. The summed E-state index contributed by atoms with van der Waals surface area (Å²) in [5.41, 5.74) is 0. The SMILES string of the molecule is Cc1noc(CCC(=O)N2CCNC[C@H]2C)n1.Cl. The molecule has 0 aliphatic carbocycles. The van der Waals surface area contributed by atoms with Crippen molar-refractivity contribution >= 4 is 18.3 Å². The van der Waals surface area contributed by atoms with E-state index in [0.29, 0.717) is 24.6 Å². The topological polar surface area (TPSA) is 71.3 Å². The summed E-state index contributed by atoms with van der Waals surface area (Å²) >= 11 is 0. The number of nitrogens with one attached hydrogen (secondary N) is 1. The van der Waals surface area contributed by atoms with E-state index in [-0.39, 0.29) is 24.4 Å². The van der Waals surface area contributed by atoms with Crippen molar-refractivity contribution in [3.8, 4) is 0 Å². The first kappa shape index (κ1) is 14.9. The number of aryl methyl sites for hydroxylation is 2. The van der Waals surface area contributed by atoms with Crippen LogP contribution in [0.5, 0.6) is 0 Å². The quantitative estimate of drug-likeness (QED) is 0.872. The molecular weight excluding hydrogens is 256 g/mol. The van der Waals surface area contributed by atoms with E-state index in [4.69, 9.17) is 4.52 Å². The van der Waals surface area contributed by atoms with Crippen LogP contribution in [0.25, 0.3) is 0 Å². The average molecular weight is 275 g/mol. The van der Waals surface area contributed by atoms with Crippen LogP contribution in [0.4, 0.5) is 0 Å². The van der Waals surface area contributed by atoms with Gasteiger partial charge in [-0.15, -0.1) is 12.4 Å². The maximum Gasteiger partial charge on any atom is 0.227 e. The van der Waals surface area contributed by atoms with E-state index in [0.717, 1.165) is 19.6 Å². The molecule has 6 nitrogen and oxygen atoms in total. The van der Waals surface area contributed by atoms with Gasteiger partial charge in [0.25, 0.3) is 0 Å². The molecule has 1 saturated heterocycles. The molecule has 2 rings (SSSR count). The lowest BCUT2D eigenvalue weighted by molar-refractivity contribution is -0.134. The fraction of sp³-hybridized carbons (Fsp3) is 0.727. The Morgan fingerprint density at radius 2 is 2.39 bits per heavy atom. The minimum Gasteiger partial charge on any atom is -0.339 e. The smallest absolute Gasteiger partial charge is 0.227 e. The molecule has 1 aromatic heterocycles. The molecule has 1 aliphatic rings. The summed E-state index contributed by atoms with van der Waals surface area (Å²) in [5.74, 6) is 1.32. The van der Waals surface area contributed by atoms with E-state index in [1.54, 1.807) is 6.92 Å². The Kier molecular flexibility index (Phi) is 5.55. The number of piperazine rings is 1. The van der Waals surface area contributed by atoms with Crippen molar-refractivity contribution in [3.05, 3.63) is 11.7 Å². The van der Waals surface area contributed by atoms with Gasteiger partial charge in [0.15, 0.2) is 5.82 Å². The fourth-order valence-corrected chi connectivity index (χ4v) is 2.01. The number of halogens is 1. The number of nitrogens with zero attached hydrogens (tertiary/aromatic N) is 3. The van der Waals surface area contributed by atoms with E-state index in [1.807, 2.05) is 4.90 Å². The molecule has 0 saturated carbocycles.